The Bertz CT molecular complexity index is 1230. The van der Waals surface area contributed by atoms with Gasteiger partial charge in [0.05, 0.1) is 12.3 Å². The fourth-order valence-electron chi connectivity index (χ4n) is 6.49. The van der Waals surface area contributed by atoms with Crippen LogP contribution in [0.1, 0.15) is 87.9 Å². The van der Waals surface area contributed by atoms with E-state index in [2.05, 4.69) is 36.1 Å². The van der Waals surface area contributed by atoms with Crippen LogP contribution in [0.4, 0.5) is 0 Å². The molecule has 5 rings (SSSR count). The van der Waals surface area contributed by atoms with Crippen molar-refractivity contribution >= 4 is 5.97 Å². The smallest absolute Gasteiger partial charge is 0.332 e. The number of ether oxygens (including phenoxy) is 1. The maximum absolute atomic E-state index is 13.2. The molecule has 38 heavy (non-hydrogen) atoms. The lowest BCUT2D eigenvalue weighted by Gasteiger charge is -2.36. The Morgan fingerprint density at radius 3 is 2.26 bits per heavy atom. The minimum absolute atomic E-state index is 0.0510. The first kappa shape index (κ1) is 26.5. The monoisotopic (exact) mass is 515 g/mol. The van der Waals surface area contributed by atoms with E-state index < -0.39 is 0 Å². The van der Waals surface area contributed by atoms with Crippen LogP contribution < -0.4 is 5.69 Å². The summed E-state index contributed by atoms with van der Waals surface area (Å²) in [6.45, 7) is 6.12. The van der Waals surface area contributed by atoms with Crippen molar-refractivity contribution in [3.63, 3.8) is 0 Å². The molecule has 2 atom stereocenters. The van der Waals surface area contributed by atoms with Gasteiger partial charge in [-0.25, -0.2) is 9.59 Å². The molecule has 1 saturated heterocycles. The van der Waals surface area contributed by atoms with E-state index in [0.29, 0.717) is 18.4 Å². The minimum Gasteiger partial charge on any atom is -0.465 e. The molecule has 1 saturated carbocycles. The Kier molecular flexibility index (Phi) is 8.48. The zero-order chi connectivity index (χ0) is 26.5. The molecule has 0 radical (unpaired) electrons. The highest BCUT2D eigenvalue weighted by molar-refractivity contribution is 5.77. The zero-order valence-corrected chi connectivity index (χ0v) is 22.8. The van der Waals surface area contributed by atoms with Gasteiger partial charge in [-0.3, -0.25) is 14.0 Å². The van der Waals surface area contributed by atoms with E-state index in [4.69, 9.17) is 4.74 Å². The van der Waals surface area contributed by atoms with Gasteiger partial charge in [-0.15, -0.1) is 0 Å². The molecule has 2 heterocycles. The fraction of sp³-hybridized carbons (Fsp3) is 0.500. The van der Waals surface area contributed by atoms with Crippen LogP contribution in [0.3, 0.4) is 0 Å². The molecule has 1 unspecified atom stereocenters. The molecule has 0 bridgehead atoms. The summed E-state index contributed by atoms with van der Waals surface area (Å²) in [6, 6.07) is 18.3. The number of likely N-dealkylation sites (tertiary alicyclic amines) is 1. The van der Waals surface area contributed by atoms with Gasteiger partial charge >= 0.3 is 11.7 Å². The number of piperidine rings is 1. The molecule has 202 valence electrons. The van der Waals surface area contributed by atoms with Gasteiger partial charge in [0, 0.05) is 18.4 Å². The lowest BCUT2D eigenvalue weighted by Crippen LogP contribution is -2.40. The molecule has 6 nitrogen and oxygen atoms in total. The number of hydrogen-bond acceptors (Lipinski definition) is 4. The number of carbonyl (C=O) groups excluding carboxylic acids is 1. The van der Waals surface area contributed by atoms with E-state index in [1.807, 2.05) is 54.2 Å². The van der Waals surface area contributed by atoms with Gasteiger partial charge in [0.2, 0.25) is 0 Å². The van der Waals surface area contributed by atoms with E-state index in [0.717, 1.165) is 37.2 Å². The molecule has 0 amide bonds. The van der Waals surface area contributed by atoms with Gasteiger partial charge in [-0.2, -0.15) is 0 Å². The Morgan fingerprint density at radius 1 is 0.921 bits per heavy atom. The summed E-state index contributed by atoms with van der Waals surface area (Å²) in [5.41, 5.74) is 3.25. The number of rotatable bonds is 8. The maximum Gasteiger partial charge on any atom is 0.332 e. The van der Waals surface area contributed by atoms with Gasteiger partial charge in [0.1, 0.15) is 6.04 Å². The summed E-state index contributed by atoms with van der Waals surface area (Å²) in [5, 5.41) is 0. The average Bonchev–Trinajstić information content (AvgIpc) is 3.35. The van der Waals surface area contributed by atoms with Crippen molar-refractivity contribution in [2.24, 2.45) is 5.92 Å². The van der Waals surface area contributed by atoms with Gasteiger partial charge < -0.3 is 4.74 Å². The van der Waals surface area contributed by atoms with E-state index in [1.165, 1.54) is 37.7 Å². The van der Waals surface area contributed by atoms with Crippen molar-refractivity contribution in [1.29, 1.82) is 0 Å². The van der Waals surface area contributed by atoms with Crippen molar-refractivity contribution in [1.82, 2.24) is 14.0 Å². The molecule has 0 spiro atoms. The third kappa shape index (κ3) is 5.65. The van der Waals surface area contributed by atoms with Crippen molar-refractivity contribution in [2.75, 3.05) is 19.7 Å². The van der Waals surface area contributed by atoms with E-state index in [-0.39, 0.29) is 23.7 Å². The highest BCUT2D eigenvalue weighted by Gasteiger charge is 2.32. The van der Waals surface area contributed by atoms with Gasteiger partial charge in [0.25, 0.3) is 0 Å². The predicted molar refractivity (Wildman–Crippen MR) is 151 cm³/mol. The first-order chi connectivity index (χ1) is 18.6. The molecule has 3 aromatic rings. The number of hydrogen-bond donors (Lipinski definition) is 0. The standard InChI is InChI=1S/C32H41N3O3/c1-3-38-31(36)30(28-12-8-5-9-13-28)33-20-18-27(19-21-33)26-14-16-29(17-15-26)35-23-22-34(32(35)37)24(2)25-10-6-4-7-11-25/h5,8-9,12-17,22-25,27,30H,3-4,6-7,10-11,18-21H2,1-2H3/t24-,30?/m1/s1. The summed E-state index contributed by atoms with van der Waals surface area (Å²) in [5.74, 6) is 0.860. The number of benzene rings is 2. The van der Waals surface area contributed by atoms with E-state index in [9.17, 15) is 9.59 Å². The number of imidazole rings is 1. The normalized spacial score (nSPS) is 19.2. The summed E-state index contributed by atoms with van der Waals surface area (Å²) in [6.07, 6.45) is 12.2. The molecule has 2 aromatic carbocycles. The van der Waals surface area contributed by atoms with Crippen LogP contribution in [0.2, 0.25) is 0 Å². The first-order valence-electron chi connectivity index (χ1n) is 14.4. The van der Waals surface area contributed by atoms with Crippen LogP contribution in [-0.4, -0.2) is 39.7 Å². The van der Waals surface area contributed by atoms with Crippen LogP contribution in [0, 0.1) is 5.92 Å². The van der Waals surface area contributed by atoms with Crippen molar-refractivity contribution in [2.45, 2.75) is 76.8 Å². The minimum atomic E-state index is -0.355. The molecular weight excluding hydrogens is 474 g/mol. The zero-order valence-electron chi connectivity index (χ0n) is 22.8. The van der Waals surface area contributed by atoms with Crippen LogP contribution in [0.25, 0.3) is 5.69 Å². The molecule has 1 aromatic heterocycles. The summed E-state index contributed by atoms with van der Waals surface area (Å²) in [4.78, 5) is 28.3. The fourth-order valence-corrected chi connectivity index (χ4v) is 6.49. The summed E-state index contributed by atoms with van der Waals surface area (Å²) < 4.78 is 9.12. The van der Waals surface area contributed by atoms with Crippen LogP contribution in [0.5, 0.6) is 0 Å². The lowest BCUT2D eigenvalue weighted by molar-refractivity contribution is -0.150. The number of nitrogens with zero attached hydrogens (tertiary/aromatic N) is 3. The number of carbonyl (C=O) groups is 1. The van der Waals surface area contributed by atoms with E-state index >= 15 is 0 Å². The number of esters is 1. The third-order valence-electron chi connectivity index (χ3n) is 8.74. The Balaban J connectivity index is 1.24. The SMILES string of the molecule is CCOC(=O)C(c1ccccc1)N1CCC(c2ccc(-n3ccn([C@H](C)C4CCCCC4)c3=O)cc2)CC1. The molecule has 6 heteroatoms. The maximum atomic E-state index is 13.2. The van der Waals surface area contributed by atoms with E-state index in [1.54, 1.807) is 4.57 Å². The topological polar surface area (TPSA) is 56.5 Å². The van der Waals surface area contributed by atoms with Crippen molar-refractivity contribution in [3.05, 3.63) is 88.6 Å². The highest BCUT2D eigenvalue weighted by Crippen LogP contribution is 2.34. The second-order valence-corrected chi connectivity index (χ2v) is 11.0. The van der Waals surface area contributed by atoms with Crippen LogP contribution in [-0.2, 0) is 9.53 Å². The third-order valence-corrected chi connectivity index (χ3v) is 8.74. The lowest BCUT2D eigenvalue weighted by atomic mass is 9.84. The average molecular weight is 516 g/mol. The predicted octanol–water partition coefficient (Wildman–Crippen LogP) is 6.26. The summed E-state index contributed by atoms with van der Waals surface area (Å²) in [7, 11) is 0. The quantitative estimate of drug-likeness (QED) is 0.332. The van der Waals surface area contributed by atoms with Gasteiger partial charge in [0.15, 0.2) is 0 Å². The van der Waals surface area contributed by atoms with Gasteiger partial charge in [-0.1, -0.05) is 61.7 Å². The molecule has 0 N–H and O–H groups in total. The van der Waals surface area contributed by atoms with Crippen LogP contribution in [0.15, 0.2) is 71.8 Å². The summed E-state index contributed by atoms with van der Waals surface area (Å²) >= 11 is 0. The Labute approximate surface area is 226 Å². The Morgan fingerprint density at radius 2 is 1.61 bits per heavy atom. The highest BCUT2D eigenvalue weighted by atomic mass is 16.5. The first-order valence-corrected chi connectivity index (χ1v) is 14.4. The second-order valence-electron chi connectivity index (χ2n) is 11.0. The molecule has 1 aliphatic carbocycles. The molecule has 1 aliphatic heterocycles. The molecule has 2 aliphatic rings. The Hall–Kier alpha value is -3.12. The van der Waals surface area contributed by atoms with Crippen LogP contribution >= 0.6 is 0 Å². The molecular formula is C32H41N3O3. The molecule has 2 fully saturated rings. The number of aromatic nitrogens is 2. The van der Waals surface area contributed by atoms with Crippen molar-refractivity contribution in [3.8, 4) is 5.69 Å². The largest absolute Gasteiger partial charge is 0.465 e. The van der Waals surface area contributed by atoms with Gasteiger partial charge in [-0.05, 0) is 87.7 Å². The van der Waals surface area contributed by atoms with Crippen molar-refractivity contribution < 1.29 is 9.53 Å². The second kappa shape index (κ2) is 12.2.